The summed E-state index contributed by atoms with van der Waals surface area (Å²) in [5.41, 5.74) is 1.57. The van der Waals surface area contributed by atoms with Crippen molar-refractivity contribution < 1.29 is 14.3 Å². The zero-order valence-corrected chi connectivity index (χ0v) is 17.7. The molecule has 2 aromatic rings. The summed E-state index contributed by atoms with van der Waals surface area (Å²) in [6.45, 7) is 9.06. The summed E-state index contributed by atoms with van der Waals surface area (Å²) in [5, 5.41) is 7.29. The van der Waals surface area contributed by atoms with Gasteiger partial charge in [0.2, 0.25) is 0 Å². The highest BCUT2D eigenvalue weighted by Crippen LogP contribution is 2.24. The number of piperazine rings is 1. The second-order valence-corrected chi connectivity index (χ2v) is 8.65. The molecule has 9 nitrogen and oxygen atoms in total. The van der Waals surface area contributed by atoms with Crippen LogP contribution in [0.5, 0.6) is 0 Å². The maximum atomic E-state index is 13.2. The Kier molecular flexibility index (Phi) is 5.36. The van der Waals surface area contributed by atoms with Gasteiger partial charge in [0.1, 0.15) is 11.4 Å². The fraction of sp³-hybridized carbons (Fsp3) is 0.524. The van der Waals surface area contributed by atoms with E-state index < -0.39 is 5.60 Å². The fourth-order valence-electron chi connectivity index (χ4n) is 3.78. The van der Waals surface area contributed by atoms with Gasteiger partial charge in [0.05, 0.1) is 6.54 Å². The molecule has 0 atom stereocenters. The van der Waals surface area contributed by atoms with Gasteiger partial charge in [-0.05, 0) is 32.9 Å². The molecule has 30 heavy (non-hydrogen) atoms. The Labute approximate surface area is 176 Å². The summed E-state index contributed by atoms with van der Waals surface area (Å²) in [7, 11) is 0. The highest BCUT2D eigenvalue weighted by atomic mass is 16.6. The van der Waals surface area contributed by atoms with Crippen LogP contribution in [0.25, 0.3) is 0 Å². The predicted octanol–water partition coefficient (Wildman–Crippen LogP) is 2.06. The molecule has 1 fully saturated rings. The summed E-state index contributed by atoms with van der Waals surface area (Å²) in [4.78, 5) is 35.6. The smallest absolute Gasteiger partial charge is 0.410 e. The van der Waals surface area contributed by atoms with Gasteiger partial charge in [-0.25, -0.2) is 9.78 Å². The van der Waals surface area contributed by atoms with E-state index in [-0.39, 0.29) is 12.0 Å². The lowest BCUT2D eigenvalue weighted by Gasteiger charge is -2.35. The number of aromatic amines is 1. The molecule has 0 saturated carbocycles. The summed E-state index contributed by atoms with van der Waals surface area (Å²) in [6.07, 6.45) is 2.04. The largest absolute Gasteiger partial charge is 0.444 e. The van der Waals surface area contributed by atoms with Crippen LogP contribution < -0.4 is 4.90 Å². The zero-order chi connectivity index (χ0) is 21.3. The van der Waals surface area contributed by atoms with Gasteiger partial charge in [-0.15, -0.1) is 0 Å². The monoisotopic (exact) mass is 412 g/mol. The normalized spacial score (nSPS) is 17.0. The van der Waals surface area contributed by atoms with E-state index in [9.17, 15) is 9.59 Å². The van der Waals surface area contributed by atoms with Crippen molar-refractivity contribution >= 4 is 17.8 Å². The Morgan fingerprint density at radius 3 is 2.50 bits per heavy atom. The van der Waals surface area contributed by atoms with Crippen LogP contribution >= 0.6 is 0 Å². The van der Waals surface area contributed by atoms with Gasteiger partial charge in [0.25, 0.3) is 5.91 Å². The number of amides is 2. The molecule has 0 radical (unpaired) electrons. The molecule has 4 heterocycles. The van der Waals surface area contributed by atoms with Crippen molar-refractivity contribution in [1.82, 2.24) is 25.0 Å². The third kappa shape index (κ3) is 4.24. The number of carbonyl (C=O) groups is 2. The summed E-state index contributed by atoms with van der Waals surface area (Å²) in [5.74, 6) is 0.828. The van der Waals surface area contributed by atoms with Crippen molar-refractivity contribution in [3.05, 3.63) is 41.3 Å². The van der Waals surface area contributed by atoms with Crippen LogP contribution in [0.1, 0.15) is 42.5 Å². The van der Waals surface area contributed by atoms with Crippen molar-refractivity contribution in [1.29, 1.82) is 0 Å². The topological polar surface area (TPSA) is 94.7 Å². The fourth-order valence-corrected chi connectivity index (χ4v) is 3.78. The molecular formula is C21H28N6O3. The molecule has 0 spiro atoms. The van der Waals surface area contributed by atoms with Gasteiger partial charge < -0.3 is 19.4 Å². The van der Waals surface area contributed by atoms with Gasteiger partial charge in [-0.3, -0.25) is 9.89 Å². The van der Waals surface area contributed by atoms with Gasteiger partial charge >= 0.3 is 6.09 Å². The third-order valence-electron chi connectivity index (χ3n) is 5.33. The summed E-state index contributed by atoms with van der Waals surface area (Å²) < 4.78 is 5.49. The van der Waals surface area contributed by atoms with E-state index in [4.69, 9.17) is 4.74 Å². The van der Waals surface area contributed by atoms with Crippen LogP contribution in [0.3, 0.4) is 0 Å². The molecule has 0 aliphatic carbocycles. The van der Waals surface area contributed by atoms with E-state index in [0.717, 1.165) is 30.2 Å². The van der Waals surface area contributed by atoms with Crippen molar-refractivity contribution in [3.63, 3.8) is 0 Å². The first-order valence-electron chi connectivity index (χ1n) is 10.3. The van der Waals surface area contributed by atoms with E-state index in [0.29, 0.717) is 38.3 Å². The van der Waals surface area contributed by atoms with Crippen LogP contribution in [0.2, 0.25) is 0 Å². The average molecular weight is 412 g/mol. The first-order valence-corrected chi connectivity index (χ1v) is 10.3. The minimum Gasteiger partial charge on any atom is -0.444 e. The highest BCUT2D eigenvalue weighted by molar-refractivity contribution is 5.94. The van der Waals surface area contributed by atoms with E-state index in [1.807, 2.05) is 43.9 Å². The van der Waals surface area contributed by atoms with Gasteiger partial charge in [-0.2, -0.15) is 5.10 Å². The number of aromatic nitrogens is 3. The van der Waals surface area contributed by atoms with Crippen LogP contribution in [0.4, 0.5) is 10.6 Å². The Morgan fingerprint density at radius 1 is 1.07 bits per heavy atom. The molecule has 0 aromatic carbocycles. The second kappa shape index (κ2) is 7.97. The number of nitrogens with zero attached hydrogens (tertiary/aromatic N) is 5. The number of anilines is 1. The van der Waals surface area contributed by atoms with Crippen LogP contribution in [-0.2, 0) is 17.7 Å². The van der Waals surface area contributed by atoms with Crippen molar-refractivity contribution in [2.75, 3.05) is 37.6 Å². The number of carbonyl (C=O) groups excluding carboxylic acids is 2. The minimum absolute atomic E-state index is 0.0980. The molecule has 0 unspecified atom stereocenters. The number of pyridine rings is 1. The number of H-pyrrole nitrogens is 1. The molecule has 2 aliphatic heterocycles. The molecular weight excluding hydrogens is 384 g/mol. The molecule has 160 valence electrons. The van der Waals surface area contributed by atoms with E-state index in [1.54, 1.807) is 11.1 Å². The average Bonchev–Trinajstić information content (AvgIpc) is 3.16. The molecule has 2 aromatic heterocycles. The molecule has 0 bridgehead atoms. The third-order valence-corrected chi connectivity index (χ3v) is 5.33. The number of hydrogen-bond acceptors (Lipinski definition) is 6. The molecule has 9 heteroatoms. The maximum Gasteiger partial charge on any atom is 0.410 e. The van der Waals surface area contributed by atoms with E-state index in [1.165, 1.54) is 0 Å². The van der Waals surface area contributed by atoms with Gasteiger partial charge in [0, 0.05) is 56.6 Å². The van der Waals surface area contributed by atoms with Gasteiger partial charge in [-0.1, -0.05) is 6.07 Å². The van der Waals surface area contributed by atoms with Crippen molar-refractivity contribution in [2.45, 2.75) is 39.3 Å². The Morgan fingerprint density at radius 2 is 1.83 bits per heavy atom. The SMILES string of the molecule is CC(C)(C)OC(=O)N1CCc2[nH]nc(C(=O)N3CCN(c4ccccn4)CC3)c2C1. The number of hydrogen-bond donors (Lipinski definition) is 1. The Hall–Kier alpha value is -3.10. The Bertz CT molecular complexity index is 913. The quantitative estimate of drug-likeness (QED) is 0.811. The number of fused-ring (bicyclic) bond motifs is 1. The first-order chi connectivity index (χ1) is 14.3. The standard InChI is InChI=1S/C21H28N6O3/c1-21(2,3)30-20(29)27-9-7-16-15(14-27)18(24-23-16)19(28)26-12-10-25(11-13-26)17-6-4-5-8-22-17/h4-6,8H,7,9-14H2,1-3H3,(H,23,24). The highest BCUT2D eigenvalue weighted by Gasteiger charge is 2.32. The lowest BCUT2D eigenvalue weighted by Crippen LogP contribution is -2.49. The molecule has 2 amide bonds. The zero-order valence-electron chi connectivity index (χ0n) is 17.7. The number of ether oxygens (including phenoxy) is 1. The molecule has 4 rings (SSSR count). The summed E-state index contributed by atoms with van der Waals surface area (Å²) >= 11 is 0. The maximum absolute atomic E-state index is 13.2. The van der Waals surface area contributed by atoms with Crippen LogP contribution in [0.15, 0.2) is 24.4 Å². The predicted molar refractivity (Wildman–Crippen MR) is 111 cm³/mol. The lowest BCUT2D eigenvalue weighted by molar-refractivity contribution is 0.0222. The number of nitrogens with one attached hydrogen (secondary N) is 1. The van der Waals surface area contributed by atoms with Crippen molar-refractivity contribution in [2.24, 2.45) is 0 Å². The summed E-state index contributed by atoms with van der Waals surface area (Å²) in [6, 6.07) is 5.84. The van der Waals surface area contributed by atoms with Crippen molar-refractivity contribution in [3.8, 4) is 0 Å². The second-order valence-electron chi connectivity index (χ2n) is 8.65. The van der Waals surface area contributed by atoms with Crippen LogP contribution in [-0.4, -0.2) is 75.3 Å². The van der Waals surface area contributed by atoms with Gasteiger partial charge in [0.15, 0.2) is 5.69 Å². The number of rotatable bonds is 2. The molecule has 1 saturated heterocycles. The minimum atomic E-state index is -0.556. The first kappa shape index (κ1) is 20.2. The molecule has 1 N–H and O–H groups in total. The van der Waals surface area contributed by atoms with E-state index in [2.05, 4.69) is 20.1 Å². The van der Waals surface area contributed by atoms with Crippen LogP contribution in [0, 0.1) is 0 Å². The molecule has 2 aliphatic rings. The lowest BCUT2D eigenvalue weighted by atomic mass is 10.0. The Balaban J connectivity index is 1.42. The van der Waals surface area contributed by atoms with E-state index >= 15 is 0 Å².